The lowest BCUT2D eigenvalue weighted by Crippen LogP contribution is -2.32. The van der Waals surface area contributed by atoms with Crippen LogP contribution in [0.25, 0.3) is 0 Å². The zero-order valence-electron chi connectivity index (χ0n) is 12.8. The number of aliphatic hydroxyl groups is 3. The Hall–Kier alpha value is -0.0500. The van der Waals surface area contributed by atoms with Gasteiger partial charge in [0.15, 0.2) is 0 Å². The zero-order valence-corrected chi connectivity index (χ0v) is 13.7. The third-order valence-corrected chi connectivity index (χ3v) is 2.94. The molecule has 0 aromatic rings. The summed E-state index contributed by atoms with van der Waals surface area (Å²) in [6.07, 6.45) is 1.56. The first-order valence-corrected chi connectivity index (χ1v) is 8.49. The predicted octanol–water partition coefficient (Wildman–Crippen LogP) is -0.835. The van der Waals surface area contributed by atoms with Crippen molar-refractivity contribution in [1.82, 2.24) is 4.90 Å². The van der Waals surface area contributed by atoms with Gasteiger partial charge in [0.25, 0.3) is 7.82 Å². The van der Waals surface area contributed by atoms with Crippen LogP contribution in [0.5, 0.6) is 0 Å². The summed E-state index contributed by atoms with van der Waals surface area (Å²) < 4.78 is 14.2. The molecule has 0 aliphatic carbocycles. The van der Waals surface area contributed by atoms with Gasteiger partial charge in [0, 0.05) is 19.6 Å². The highest BCUT2D eigenvalue weighted by Gasteiger charge is 2.01. The van der Waals surface area contributed by atoms with Crippen LogP contribution in [0.15, 0.2) is 0 Å². The predicted molar refractivity (Wildman–Crippen MR) is 77.5 cm³/mol. The van der Waals surface area contributed by atoms with Gasteiger partial charge in [-0.25, -0.2) is 0 Å². The first-order valence-electron chi connectivity index (χ1n) is 7.00. The van der Waals surface area contributed by atoms with E-state index in [4.69, 9.17) is 20.2 Å². The van der Waals surface area contributed by atoms with Crippen molar-refractivity contribution >= 4 is 7.82 Å². The van der Waals surface area contributed by atoms with Gasteiger partial charge in [-0.15, -0.1) is 0 Å². The van der Waals surface area contributed by atoms with Crippen molar-refractivity contribution in [1.29, 1.82) is 0 Å². The van der Waals surface area contributed by atoms with Crippen molar-refractivity contribution in [2.75, 3.05) is 46.1 Å². The van der Waals surface area contributed by atoms with Gasteiger partial charge in [-0.05, 0) is 18.8 Å². The van der Waals surface area contributed by atoms with Gasteiger partial charge < -0.3 is 29.6 Å². The second kappa shape index (κ2) is 14.9. The van der Waals surface area contributed by atoms with Gasteiger partial charge in [0.1, 0.15) is 0 Å². The summed E-state index contributed by atoms with van der Waals surface area (Å²) in [6, 6.07) is 0. The molecular weight excluding hydrogens is 301 g/mol. The summed E-state index contributed by atoms with van der Waals surface area (Å²) >= 11 is 0. The fourth-order valence-electron chi connectivity index (χ4n) is 1.43. The molecule has 0 amide bonds. The summed E-state index contributed by atoms with van der Waals surface area (Å²) in [5, 5.41) is 25.5. The topological polar surface area (TPSA) is 134 Å². The summed E-state index contributed by atoms with van der Waals surface area (Å²) in [6.45, 7) is 5.91. The molecule has 0 fully saturated rings. The Morgan fingerprint density at radius 2 is 1.52 bits per heavy atom. The van der Waals surface area contributed by atoms with Crippen LogP contribution in [0.1, 0.15) is 26.7 Å². The van der Waals surface area contributed by atoms with Crippen LogP contribution in [0.3, 0.4) is 0 Å². The van der Waals surface area contributed by atoms with Gasteiger partial charge in [0.05, 0.1) is 26.4 Å². The number of phosphoric acid groups is 1. The van der Waals surface area contributed by atoms with Crippen LogP contribution in [0.2, 0.25) is 0 Å². The summed E-state index contributed by atoms with van der Waals surface area (Å²) in [7, 11) is -4.48. The van der Waals surface area contributed by atoms with Crippen molar-refractivity contribution < 1.29 is 34.2 Å². The van der Waals surface area contributed by atoms with Crippen molar-refractivity contribution in [3.63, 3.8) is 0 Å². The van der Waals surface area contributed by atoms with E-state index in [1.54, 1.807) is 4.90 Å². The summed E-state index contributed by atoms with van der Waals surface area (Å²) in [5.74, 6) is 0.531. The Labute approximate surface area is 126 Å². The largest absolute Gasteiger partial charge is 0.756 e. The molecule has 0 aromatic carbocycles. The molecule has 0 aliphatic heterocycles. The van der Waals surface area contributed by atoms with E-state index >= 15 is 0 Å². The molecule has 4 N–H and O–H groups in total. The Balaban J connectivity index is 0. The van der Waals surface area contributed by atoms with Gasteiger partial charge in [-0.3, -0.25) is 9.46 Å². The minimum Gasteiger partial charge on any atom is -0.756 e. The number of hydrogen-bond acceptors (Lipinski definition) is 7. The van der Waals surface area contributed by atoms with E-state index in [0.29, 0.717) is 32.0 Å². The fourth-order valence-corrected chi connectivity index (χ4v) is 1.79. The Morgan fingerprint density at radius 3 is 1.81 bits per heavy atom. The van der Waals surface area contributed by atoms with Gasteiger partial charge in [0.2, 0.25) is 0 Å². The molecule has 21 heavy (non-hydrogen) atoms. The highest BCUT2D eigenvalue weighted by Crippen LogP contribution is 2.30. The normalized spacial score (nSPS) is 14.0. The third kappa shape index (κ3) is 22.4. The Bertz CT molecular complexity index is 246. The van der Waals surface area contributed by atoms with Crippen LogP contribution in [0.4, 0.5) is 0 Å². The minimum atomic E-state index is -4.48. The molecule has 1 atom stereocenters. The monoisotopic (exact) mass is 330 g/mol. The number of hydrogen-bond donors (Lipinski definition) is 4. The standard InChI is InChI=1S/C6H15NO3.C6H15O4P/c8-4-1-7(2-5-9)3-6-10;1-6(2)4-3-5-10-11(7,8)9/h8-10H,1-6H2;6H,3-5H2,1-2H3,(H2,7,8,9)/p-1. The maximum atomic E-state index is 10.0. The molecule has 0 aromatic heterocycles. The van der Waals surface area contributed by atoms with E-state index in [2.05, 4.69) is 4.52 Å². The quantitative estimate of drug-likeness (QED) is 0.285. The lowest BCUT2D eigenvalue weighted by molar-refractivity contribution is -0.219. The number of nitrogens with zero attached hydrogens (tertiary/aromatic N) is 1. The van der Waals surface area contributed by atoms with E-state index < -0.39 is 7.82 Å². The second-order valence-corrected chi connectivity index (χ2v) is 6.05. The maximum absolute atomic E-state index is 10.0. The third-order valence-electron chi connectivity index (χ3n) is 2.43. The van der Waals surface area contributed by atoms with E-state index in [0.717, 1.165) is 6.42 Å². The minimum absolute atomic E-state index is 0.0694. The van der Waals surface area contributed by atoms with E-state index in [-0.39, 0.29) is 26.4 Å². The van der Waals surface area contributed by atoms with Gasteiger partial charge in [-0.2, -0.15) is 0 Å². The molecule has 8 nitrogen and oxygen atoms in total. The van der Waals surface area contributed by atoms with Gasteiger partial charge >= 0.3 is 0 Å². The van der Waals surface area contributed by atoms with Crippen LogP contribution in [-0.4, -0.2) is 71.2 Å². The second-order valence-electron chi connectivity index (χ2n) is 4.85. The first-order chi connectivity index (χ1) is 9.76. The molecule has 0 rings (SSSR count). The van der Waals surface area contributed by atoms with Crippen LogP contribution in [-0.2, 0) is 9.09 Å². The van der Waals surface area contributed by atoms with E-state index in [9.17, 15) is 9.46 Å². The Morgan fingerprint density at radius 1 is 1.10 bits per heavy atom. The number of aliphatic hydroxyl groups excluding tert-OH is 3. The smallest absolute Gasteiger partial charge is 0.265 e. The molecule has 0 bridgehead atoms. The highest BCUT2D eigenvalue weighted by molar-refractivity contribution is 7.44. The number of rotatable bonds is 11. The molecule has 0 heterocycles. The molecule has 130 valence electrons. The molecular formula is C12H29NO7P-. The SMILES string of the molecule is CC(C)CCCOP(=O)([O-])O.OCCN(CCO)CCO. The lowest BCUT2D eigenvalue weighted by atomic mass is 10.1. The summed E-state index contributed by atoms with van der Waals surface area (Å²) in [5.41, 5.74) is 0. The molecule has 0 saturated heterocycles. The molecule has 9 heteroatoms. The Kier molecular flexibility index (Phi) is 16.4. The van der Waals surface area contributed by atoms with Crippen LogP contribution >= 0.6 is 7.82 Å². The molecule has 0 aliphatic rings. The molecule has 0 radical (unpaired) electrons. The lowest BCUT2D eigenvalue weighted by Gasteiger charge is -2.17. The molecule has 0 spiro atoms. The fraction of sp³-hybridized carbons (Fsp3) is 1.00. The van der Waals surface area contributed by atoms with Gasteiger partial charge in [-0.1, -0.05) is 13.8 Å². The average Bonchev–Trinajstić information content (AvgIpc) is 2.35. The maximum Gasteiger partial charge on any atom is 0.265 e. The average molecular weight is 330 g/mol. The van der Waals surface area contributed by atoms with Crippen molar-refractivity contribution in [3.05, 3.63) is 0 Å². The summed E-state index contributed by atoms with van der Waals surface area (Å²) in [4.78, 5) is 20.0. The van der Waals surface area contributed by atoms with Crippen molar-refractivity contribution in [3.8, 4) is 0 Å². The van der Waals surface area contributed by atoms with Crippen LogP contribution in [0, 0.1) is 5.92 Å². The van der Waals surface area contributed by atoms with Crippen LogP contribution < -0.4 is 4.89 Å². The van der Waals surface area contributed by atoms with E-state index in [1.165, 1.54) is 0 Å². The van der Waals surface area contributed by atoms with Crippen molar-refractivity contribution in [2.45, 2.75) is 26.7 Å². The number of phosphoric ester groups is 1. The van der Waals surface area contributed by atoms with Crippen molar-refractivity contribution in [2.24, 2.45) is 5.92 Å². The highest BCUT2D eigenvalue weighted by atomic mass is 31.2. The zero-order chi connectivity index (χ0) is 16.7. The first kappa shape index (κ1) is 23.2. The molecule has 1 unspecified atom stereocenters. The van der Waals surface area contributed by atoms with E-state index in [1.807, 2.05) is 13.8 Å². The molecule has 0 saturated carbocycles.